The lowest BCUT2D eigenvalue weighted by atomic mass is 10.2. The minimum Gasteiger partial charge on any atom is -0.495 e. The molecule has 0 aliphatic heterocycles. The van der Waals surface area contributed by atoms with E-state index in [2.05, 4.69) is 5.32 Å². The highest BCUT2D eigenvalue weighted by molar-refractivity contribution is 7.92. The minimum atomic E-state index is -3.82. The number of benzene rings is 2. The molecule has 2 aromatic carbocycles. The molecule has 0 saturated carbocycles. The molecule has 0 saturated heterocycles. The van der Waals surface area contributed by atoms with Gasteiger partial charge in [-0.1, -0.05) is 36.2 Å². The average Bonchev–Trinajstić information content (AvgIpc) is 2.70. The van der Waals surface area contributed by atoms with Crippen molar-refractivity contribution in [1.29, 1.82) is 0 Å². The first-order chi connectivity index (χ1) is 14.6. The van der Waals surface area contributed by atoms with Crippen LogP contribution in [0.3, 0.4) is 0 Å². The summed E-state index contributed by atoms with van der Waals surface area (Å²) < 4.78 is 37.1. The molecule has 2 rings (SSSR count). The Bertz CT molecular complexity index is 1030. The molecule has 0 fully saturated rings. The van der Waals surface area contributed by atoms with Crippen LogP contribution in [0.2, 0.25) is 10.0 Å². The topological polar surface area (TPSA) is 84.9 Å². The predicted molar refractivity (Wildman–Crippen MR) is 124 cm³/mol. The molecule has 0 aromatic heterocycles. The lowest BCUT2D eigenvalue weighted by molar-refractivity contribution is -0.122. The Morgan fingerprint density at radius 2 is 1.90 bits per heavy atom. The number of ether oxygens (including phenoxy) is 2. The Morgan fingerprint density at radius 1 is 1.19 bits per heavy atom. The number of sulfonamides is 1. The van der Waals surface area contributed by atoms with E-state index >= 15 is 0 Å². The van der Waals surface area contributed by atoms with Crippen LogP contribution in [0.25, 0.3) is 0 Å². The number of nitrogens with one attached hydrogen (secondary N) is 1. The van der Waals surface area contributed by atoms with Gasteiger partial charge in [-0.05, 0) is 49.2 Å². The second-order valence-electron chi connectivity index (χ2n) is 6.85. The van der Waals surface area contributed by atoms with Crippen molar-refractivity contribution in [2.24, 2.45) is 0 Å². The SMILES string of the molecule is CC[C@H](C(=O)NCCOc1ccc(C)c(Cl)c1)N(c1cc(Cl)ccc1OC)S(C)(=O)=O. The summed E-state index contributed by atoms with van der Waals surface area (Å²) in [5, 5.41) is 3.64. The molecular formula is C21H26Cl2N2O5S. The summed E-state index contributed by atoms with van der Waals surface area (Å²) >= 11 is 12.2. The van der Waals surface area contributed by atoms with Crippen molar-refractivity contribution in [3.05, 3.63) is 52.0 Å². The third-order valence-electron chi connectivity index (χ3n) is 4.52. The van der Waals surface area contributed by atoms with Gasteiger partial charge in [0, 0.05) is 10.0 Å². The molecule has 1 atom stereocenters. The summed E-state index contributed by atoms with van der Waals surface area (Å²) in [4.78, 5) is 12.9. The van der Waals surface area contributed by atoms with Crippen molar-refractivity contribution in [1.82, 2.24) is 5.32 Å². The Hall–Kier alpha value is -2.16. The summed E-state index contributed by atoms with van der Waals surface area (Å²) in [6.07, 6.45) is 1.27. The molecule has 1 amide bonds. The van der Waals surface area contributed by atoms with Crippen LogP contribution >= 0.6 is 23.2 Å². The maximum Gasteiger partial charge on any atom is 0.244 e. The number of aryl methyl sites for hydroxylation is 1. The molecule has 0 aliphatic carbocycles. The number of hydrogen-bond donors (Lipinski definition) is 1. The summed E-state index contributed by atoms with van der Waals surface area (Å²) in [7, 11) is -2.40. The van der Waals surface area contributed by atoms with Crippen LogP contribution in [-0.4, -0.2) is 46.9 Å². The molecule has 0 heterocycles. The lowest BCUT2D eigenvalue weighted by Crippen LogP contribution is -2.50. The first kappa shape index (κ1) is 25.1. The molecule has 10 heteroatoms. The Labute approximate surface area is 193 Å². The monoisotopic (exact) mass is 488 g/mol. The number of methoxy groups -OCH3 is 1. The molecule has 7 nitrogen and oxygen atoms in total. The third-order valence-corrected chi connectivity index (χ3v) is 6.33. The molecular weight excluding hydrogens is 463 g/mol. The van der Waals surface area contributed by atoms with Crippen molar-refractivity contribution in [2.75, 3.05) is 30.8 Å². The van der Waals surface area contributed by atoms with Crippen LogP contribution in [0.4, 0.5) is 5.69 Å². The number of amides is 1. The van der Waals surface area contributed by atoms with Crippen molar-refractivity contribution in [3.8, 4) is 11.5 Å². The highest BCUT2D eigenvalue weighted by Crippen LogP contribution is 2.34. The van der Waals surface area contributed by atoms with Crippen LogP contribution in [0.5, 0.6) is 11.5 Å². The van der Waals surface area contributed by atoms with E-state index in [0.29, 0.717) is 21.5 Å². The van der Waals surface area contributed by atoms with Gasteiger partial charge in [0.2, 0.25) is 15.9 Å². The van der Waals surface area contributed by atoms with Gasteiger partial charge in [-0.25, -0.2) is 8.42 Å². The van der Waals surface area contributed by atoms with E-state index in [9.17, 15) is 13.2 Å². The quantitative estimate of drug-likeness (QED) is 0.509. The first-order valence-electron chi connectivity index (χ1n) is 9.58. The summed E-state index contributed by atoms with van der Waals surface area (Å²) in [5.41, 5.74) is 1.13. The van der Waals surface area contributed by atoms with E-state index in [-0.39, 0.29) is 25.3 Å². The summed E-state index contributed by atoms with van der Waals surface area (Å²) in [6, 6.07) is 8.93. The van der Waals surface area contributed by atoms with Crippen LogP contribution in [0, 0.1) is 6.92 Å². The molecule has 0 aliphatic rings. The van der Waals surface area contributed by atoms with Gasteiger partial charge in [-0.2, -0.15) is 0 Å². The first-order valence-corrected chi connectivity index (χ1v) is 12.2. The Kier molecular flexibility index (Phi) is 8.85. The van der Waals surface area contributed by atoms with Crippen molar-refractivity contribution in [3.63, 3.8) is 0 Å². The maximum absolute atomic E-state index is 12.9. The zero-order valence-electron chi connectivity index (χ0n) is 17.8. The van der Waals surface area contributed by atoms with E-state index in [4.69, 9.17) is 32.7 Å². The van der Waals surface area contributed by atoms with Crippen molar-refractivity contribution < 1.29 is 22.7 Å². The molecule has 0 unspecified atom stereocenters. The molecule has 0 radical (unpaired) electrons. The summed E-state index contributed by atoms with van der Waals surface area (Å²) in [6.45, 7) is 4.00. The standard InChI is InChI=1S/C21H26Cl2N2O5S/c1-5-18(21(26)24-10-11-30-16-8-6-14(2)17(23)13-16)25(31(4,27)28)19-12-15(22)7-9-20(19)29-3/h6-9,12-13,18H,5,10-11H2,1-4H3,(H,24,26)/t18-/m1/s1. The van der Waals surface area contributed by atoms with Gasteiger partial charge in [0.1, 0.15) is 24.1 Å². The molecule has 170 valence electrons. The number of rotatable bonds is 10. The zero-order valence-corrected chi connectivity index (χ0v) is 20.1. The molecule has 31 heavy (non-hydrogen) atoms. The predicted octanol–water partition coefficient (Wildman–Crippen LogP) is 4.05. The highest BCUT2D eigenvalue weighted by atomic mass is 35.5. The Morgan fingerprint density at radius 3 is 2.48 bits per heavy atom. The van der Waals surface area contributed by atoms with Crippen molar-refractivity contribution in [2.45, 2.75) is 26.3 Å². The number of halogens is 2. The van der Waals surface area contributed by atoms with Gasteiger partial charge in [-0.3, -0.25) is 9.10 Å². The lowest BCUT2D eigenvalue weighted by Gasteiger charge is -2.31. The molecule has 0 bridgehead atoms. The average molecular weight is 489 g/mol. The van der Waals surface area contributed by atoms with Crippen molar-refractivity contribution >= 4 is 44.8 Å². The normalized spacial score (nSPS) is 12.2. The fourth-order valence-corrected chi connectivity index (χ4v) is 4.54. The van der Waals surface area contributed by atoms with Gasteiger partial charge >= 0.3 is 0 Å². The van der Waals surface area contributed by atoms with E-state index in [1.165, 1.54) is 13.2 Å². The van der Waals surface area contributed by atoms with Crippen LogP contribution in [0.15, 0.2) is 36.4 Å². The molecule has 1 N–H and O–H groups in total. The van der Waals surface area contributed by atoms with Crippen LogP contribution in [0.1, 0.15) is 18.9 Å². The third kappa shape index (κ3) is 6.66. The van der Waals surface area contributed by atoms with Crippen LogP contribution in [-0.2, 0) is 14.8 Å². The number of carbonyl (C=O) groups excluding carboxylic acids is 1. The molecule has 0 spiro atoms. The smallest absolute Gasteiger partial charge is 0.244 e. The second kappa shape index (κ2) is 10.9. The number of anilines is 1. The van der Waals surface area contributed by atoms with Gasteiger partial charge in [0.15, 0.2) is 0 Å². The van der Waals surface area contributed by atoms with E-state index in [1.807, 2.05) is 13.0 Å². The van der Waals surface area contributed by atoms with Crippen LogP contribution < -0.4 is 19.1 Å². The van der Waals surface area contributed by atoms with Gasteiger partial charge in [-0.15, -0.1) is 0 Å². The highest BCUT2D eigenvalue weighted by Gasteiger charge is 2.33. The number of hydrogen-bond acceptors (Lipinski definition) is 5. The largest absolute Gasteiger partial charge is 0.495 e. The molecule has 2 aromatic rings. The number of carbonyl (C=O) groups is 1. The summed E-state index contributed by atoms with van der Waals surface area (Å²) in [5.74, 6) is 0.416. The zero-order chi connectivity index (χ0) is 23.2. The van der Waals surface area contributed by atoms with E-state index in [0.717, 1.165) is 16.1 Å². The van der Waals surface area contributed by atoms with E-state index in [1.54, 1.807) is 31.2 Å². The van der Waals surface area contributed by atoms with Gasteiger partial charge in [0.05, 0.1) is 25.6 Å². The van der Waals surface area contributed by atoms with Gasteiger partial charge in [0.25, 0.3) is 0 Å². The van der Waals surface area contributed by atoms with Gasteiger partial charge < -0.3 is 14.8 Å². The fourth-order valence-electron chi connectivity index (χ4n) is 3.00. The number of nitrogens with zero attached hydrogens (tertiary/aromatic N) is 1. The second-order valence-corrected chi connectivity index (χ2v) is 9.55. The fraction of sp³-hybridized carbons (Fsp3) is 0.381. The van der Waals surface area contributed by atoms with E-state index < -0.39 is 22.0 Å². The maximum atomic E-state index is 12.9. The minimum absolute atomic E-state index is 0.186. The Balaban J connectivity index is 2.14.